The second-order valence-corrected chi connectivity index (χ2v) is 7.11. The van der Waals surface area contributed by atoms with E-state index >= 15 is 0 Å². The molecular weight excluding hydrogens is 292 g/mol. The highest BCUT2D eigenvalue weighted by atomic mass is 16.5. The normalized spacial score (nSPS) is 25.7. The van der Waals surface area contributed by atoms with Gasteiger partial charge in [-0.3, -0.25) is 0 Å². The van der Waals surface area contributed by atoms with Gasteiger partial charge in [-0.15, -0.1) is 0 Å². The summed E-state index contributed by atoms with van der Waals surface area (Å²) in [4.78, 5) is 16.2. The number of esters is 1. The van der Waals surface area contributed by atoms with Gasteiger partial charge in [-0.1, -0.05) is 38.1 Å². The van der Waals surface area contributed by atoms with Crippen LogP contribution in [0.15, 0.2) is 36.8 Å². The van der Waals surface area contributed by atoms with Gasteiger partial charge in [0.1, 0.15) is 5.69 Å². The average molecular weight is 314 g/mol. The number of hydrogen-bond donors (Lipinski definition) is 1. The predicted octanol–water partition coefficient (Wildman–Crippen LogP) is 2.90. The first kappa shape index (κ1) is 15.7. The summed E-state index contributed by atoms with van der Waals surface area (Å²) in [5.74, 6) is -0.409. The molecule has 1 aliphatic rings. The molecule has 0 saturated carbocycles. The lowest BCUT2D eigenvalue weighted by Gasteiger charge is -2.47. The summed E-state index contributed by atoms with van der Waals surface area (Å²) in [6.07, 6.45) is 3.77. The number of fused-ring (bicyclic) bond motifs is 1. The molecule has 5 nitrogen and oxygen atoms in total. The maximum Gasteiger partial charge on any atom is 0.356 e. The number of aromatic nitrogens is 2. The Morgan fingerprint density at radius 3 is 2.74 bits per heavy atom. The predicted molar refractivity (Wildman–Crippen MR) is 86.1 cm³/mol. The summed E-state index contributed by atoms with van der Waals surface area (Å²) < 4.78 is 6.74. The summed E-state index contributed by atoms with van der Waals surface area (Å²) in [7, 11) is 1.37. The first-order valence-electron chi connectivity index (χ1n) is 7.70. The van der Waals surface area contributed by atoms with E-state index in [0.29, 0.717) is 12.1 Å². The second kappa shape index (κ2) is 5.20. The monoisotopic (exact) mass is 314 g/mol. The molecule has 122 valence electrons. The highest BCUT2D eigenvalue weighted by Gasteiger charge is 2.46. The van der Waals surface area contributed by atoms with Crippen LogP contribution in [0.2, 0.25) is 0 Å². The molecular formula is C18H22N2O3. The number of rotatable bonds is 2. The van der Waals surface area contributed by atoms with Crippen LogP contribution in [0.4, 0.5) is 0 Å². The SMILES string of the molecule is COC(=O)c1cncn1[C@@H]1c2ccccc2[C@@](C)(O)CC1(C)C. The Labute approximate surface area is 135 Å². The lowest BCUT2D eigenvalue weighted by Crippen LogP contribution is -2.42. The Morgan fingerprint density at radius 1 is 1.35 bits per heavy atom. The van der Waals surface area contributed by atoms with E-state index < -0.39 is 11.6 Å². The van der Waals surface area contributed by atoms with E-state index in [0.717, 1.165) is 11.1 Å². The fourth-order valence-corrected chi connectivity index (χ4v) is 4.03. The summed E-state index contributed by atoms with van der Waals surface area (Å²) in [6, 6.07) is 7.74. The first-order valence-corrected chi connectivity index (χ1v) is 7.70. The van der Waals surface area contributed by atoms with Gasteiger partial charge < -0.3 is 14.4 Å². The molecule has 5 heteroatoms. The van der Waals surface area contributed by atoms with Crippen molar-refractivity contribution < 1.29 is 14.6 Å². The van der Waals surface area contributed by atoms with Crippen molar-refractivity contribution in [2.75, 3.05) is 7.11 Å². The third kappa shape index (κ3) is 2.45. The minimum Gasteiger partial charge on any atom is -0.464 e. The molecule has 1 N–H and O–H groups in total. The van der Waals surface area contributed by atoms with Crippen LogP contribution in [0, 0.1) is 5.41 Å². The third-order valence-electron chi connectivity index (χ3n) is 4.71. The van der Waals surface area contributed by atoms with Crippen molar-refractivity contribution in [3.63, 3.8) is 0 Å². The Kier molecular flexibility index (Phi) is 3.56. The zero-order valence-electron chi connectivity index (χ0n) is 13.9. The molecule has 1 aromatic heterocycles. The molecule has 1 aromatic carbocycles. The van der Waals surface area contributed by atoms with E-state index in [4.69, 9.17) is 4.74 Å². The summed E-state index contributed by atoms with van der Waals surface area (Å²) >= 11 is 0. The van der Waals surface area contributed by atoms with E-state index in [2.05, 4.69) is 18.8 Å². The van der Waals surface area contributed by atoms with Gasteiger partial charge in [0.15, 0.2) is 0 Å². The number of benzene rings is 1. The maximum atomic E-state index is 12.1. The van der Waals surface area contributed by atoms with Crippen LogP contribution in [-0.2, 0) is 10.3 Å². The van der Waals surface area contributed by atoms with Crippen molar-refractivity contribution in [3.8, 4) is 0 Å². The van der Waals surface area contributed by atoms with E-state index in [1.54, 1.807) is 6.33 Å². The topological polar surface area (TPSA) is 64.3 Å². The average Bonchev–Trinajstić information content (AvgIpc) is 2.94. The van der Waals surface area contributed by atoms with Crippen LogP contribution >= 0.6 is 0 Å². The minimum atomic E-state index is -0.900. The Balaban J connectivity index is 2.22. The summed E-state index contributed by atoms with van der Waals surface area (Å²) in [5, 5.41) is 10.9. The number of ether oxygens (including phenoxy) is 1. The van der Waals surface area contributed by atoms with E-state index in [1.807, 2.05) is 35.8 Å². The van der Waals surface area contributed by atoms with Gasteiger partial charge in [-0.2, -0.15) is 0 Å². The van der Waals surface area contributed by atoms with Gasteiger partial charge in [-0.05, 0) is 29.9 Å². The van der Waals surface area contributed by atoms with Gasteiger partial charge in [0, 0.05) is 0 Å². The highest BCUT2D eigenvalue weighted by molar-refractivity contribution is 5.87. The van der Waals surface area contributed by atoms with Crippen molar-refractivity contribution >= 4 is 5.97 Å². The molecule has 0 aliphatic heterocycles. The van der Waals surface area contributed by atoms with Crippen LogP contribution < -0.4 is 0 Å². The van der Waals surface area contributed by atoms with Crippen molar-refractivity contribution in [1.82, 2.24) is 9.55 Å². The van der Waals surface area contributed by atoms with Crippen LogP contribution in [-0.4, -0.2) is 27.7 Å². The smallest absolute Gasteiger partial charge is 0.356 e. The van der Waals surface area contributed by atoms with Gasteiger partial charge >= 0.3 is 5.97 Å². The van der Waals surface area contributed by atoms with E-state index in [9.17, 15) is 9.90 Å². The molecule has 23 heavy (non-hydrogen) atoms. The molecule has 0 spiro atoms. The molecule has 0 unspecified atom stereocenters. The Bertz CT molecular complexity index is 746. The molecule has 0 saturated heterocycles. The molecule has 3 rings (SSSR count). The van der Waals surface area contributed by atoms with Gasteiger partial charge in [0.25, 0.3) is 0 Å². The molecule has 0 radical (unpaired) electrons. The minimum absolute atomic E-state index is 0.101. The van der Waals surface area contributed by atoms with Crippen LogP contribution in [0.3, 0.4) is 0 Å². The Morgan fingerprint density at radius 2 is 2.04 bits per heavy atom. The van der Waals surface area contributed by atoms with Gasteiger partial charge in [0.2, 0.25) is 0 Å². The number of aliphatic hydroxyl groups is 1. The largest absolute Gasteiger partial charge is 0.464 e. The quantitative estimate of drug-likeness (QED) is 0.866. The number of nitrogens with zero attached hydrogens (tertiary/aromatic N) is 2. The summed E-state index contributed by atoms with van der Waals surface area (Å²) in [6.45, 7) is 6.05. The molecule has 0 bridgehead atoms. The van der Waals surface area contributed by atoms with Gasteiger partial charge in [-0.25, -0.2) is 9.78 Å². The van der Waals surface area contributed by atoms with E-state index in [1.165, 1.54) is 13.3 Å². The zero-order chi connectivity index (χ0) is 16.8. The van der Waals surface area contributed by atoms with Crippen LogP contribution in [0.5, 0.6) is 0 Å². The van der Waals surface area contributed by atoms with Gasteiger partial charge in [0.05, 0.1) is 31.3 Å². The second-order valence-electron chi connectivity index (χ2n) is 7.11. The lowest BCUT2D eigenvalue weighted by atomic mass is 9.64. The third-order valence-corrected chi connectivity index (χ3v) is 4.71. The Hall–Kier alpha value is -2.14. The molecule has 0 amide bonds. The number of carbonyl (C=O) groups is 1. The fourth-order valence-electron chi connectivity index (χ4n) is 4.03. The zero-order valence-corrected chi connectivity index (χ0v) is 13.9. The fraction of sp³-hybridized carbons (Fsp3) is 0.444. The van der Waals surface area contributed by atoms with Crippen molar-refractivity contribution in [2.45, 2.75) is 38.8 Å². The van der Waals surface area contributed by atoms with Crippen LogP contribution in [0.1, 0.15) is 54.8 Å². The van der Waals surface area contributed by atoms with Crippen molar-refractivity contribution in [2.24, 2.45) is 5.41 Å². The highest BCUT2D eigenvalue weighted by Crippen LogP contribution is 2.52. The molecule has 2 aromatic rings. The first-order chi connectivity index (χ1) is 10.8. The summed E-state index contributed by atoms with van der Waals surface area (Å²) in [5.41, 5.74) is 1.16. The molecule has 0 fully saturated rings. The molecule has 2 atom stereocenters. The molecule has 1 aliphatic carbocycles. The van der Waals surface area contributed by atoms with Crippen LogP contribution in [0.25, 0.3) is 0 Å². The standard InChI is InChI=1S/C18H22N2O3/c1-17(2)10-18(3,22)13-8-6-5-7-12(13)15(17)20-11-19-9-14(20)16(21)23-4/h5-9,11,15,22H,10H2,1-4H3/t15-,18+/m1/s1. The number of methoxy groups -OCH3 is 1. The number of imidazole rings is 1. The van der Waals surface area contributed by atoms with Crippen molar-refractivity contribution in [3.05, 3.63) is 53.6 Å². The van der Waals surface area contributed by atoms with E-state index in [-0.39, 0.29) is 11.5 Å². The van der Waals surface area contributed by atoms with Crippen molar-refractivity contribution in [1.29, 1.82) is 0 Å². The maximum absolute atomic E-state index is 12.1. The number of hydrogen-bond acceptors (Lipinski definition) is 4. The lowest BCUT2D eigenvalue weighted by molar-refractivity contribution is -0.0169. The molecule has 1 heterocycles. The number of carbonyl (C=O) groups excluding carboxylic acids is 1.